The summed E-state index contributed by atoms with van der Waals surface area (Å²) in [5.41, 5.74) is 1.31. The molecule has 12 heavy (non-hydrogen) atoms. The molecule has 70 valence electrons. The lowest BCUT2D eigenvalue weighted by molar-refractivity contribution is 0.368. The van der Waals surface area contributed by atoms with Gasteiger partial charge in [-0.25, -0.2) is 0 Å². The molecule has 0 amide bonds. The molecule has 0 fully saturated rings. The van der Waals surface area contributed by atoms with Crippen molar-refractivity contribution < 1.29 is 0 Å². The Bertz CT molecular complexity index is 175. The molecule has 0 aromatic rings. The quantitative estimate of drug-likeness (QED) is 0.671. The number of hydrogen-bond donors (Lipinski definition) is 1. The summed E-state index contributed by atoms with van der Waals surface area (Å²) < 4.78 is 0. The molecule has 2 nitrogen and oxygen atoms in total. The molecule has 1 rings (SSSR count). The minimum atomic E-state index is 0.376. The van der Waals surface area contributed by atoms with E-state index in [1.807, 2.05) is 0 Å². The third-order valence-corrected chi connectivity index (χ3v) is 2.79. The molecule has 0 bridgehead atoms. The molecule has 0 saturated heterocycles. The van der Waals surface area contributed by atoms with Crippen LogP contribution in [0.1, 0.15) is 40.5 Å². The molecule has 0 aromatic heterocycles. The lowest BCUT2D eigenvalue weighted by Crippen LogP contribution is -2.46. The lowest BCUT2D eigenvalue weighted by atomic mass is 9.96. The summed E-state index contributed by atoms with van der Waals surface area (Å²) in [6.45, 7) is 8.82. The summed E-state index contributed by atoms with van der Waals surface area (Å²) >= 11 is 0. The summed E-state index contributed by atoms with van der Waals surface area (Å²) in [7, 11) is 0. The van der Waals surface area contributed by atoms with Crippen molar-refractivity contribution in [3.05, 3.63) is 0 Å². The van der Waals surface area contributed by atoms with Gasteiger partial charge in [0.05, 0.1) is 6.17 Å². The minimum Gasteiger partial charge on any atom is -0.293 e. The van der Waals surface area contributed by atoms with Crippen molar-refractivity contribution in [2.75, 3.05) is 0 Å². The maximum Gasteiger partial charge on any atom is 0.0995 e. The van der Waals surface area contributed by atoms with Crippen LogP contribution in [-0.2, 0) is 0 Å². The monoisotopic (exact) mass is 168 g/mol. The Morgan fingerprint density at radius 3 is 2.58 bits per heavy atom. The molecule has 0 radical (unpaired) electrons. The maximum atomic E-state index is 4.61. The Morgan fingerprint density at radius 2 is 2.08 bits per heavy atom. The van der Waals surface area contributed by atoms with E-state index >= 15 is 0 Å². The minimum absolute atomic E-state index is 0.376. The zero-order chi connectivity index (χ0) is 9.14. The van der Waals surface area contributed by atoms with Crippen molar-refractivity contribution in [1.29, 1.82) is 0 Å². The van der Waals surface area contributed by atoms with E-state index in [0.29, 0.717) is 18.1 Å². The smallest absolute Gasteiger partial charge is 0.0995 e. The molecular weight excluding hydrogens is 148 g/mol. The normalized spacial score (nSPS) is 36.3. The first-order chi connectivity index (χ1) is 5.65. The van der Waals surface area contributed by atoms with Gasteiger partial charge in [-0.05, 0) is 20.3 Å². The molecule has 3 atom stereocenters. The highest BCUT2D eigenvalue weighted by Gasteiger charge is 2.23. The van der Waals surface area contributed by atoms with E-state index in [4.69, 9.17) is 0 Å². The van der Waals surface area contributed by atoms with E-state index in [1.54, 1.807) is 0 Å². The highest BCUT2D eigenvalue weighted by atomic mass is 15.1. The second-order valence-corrected chi connectivity index (χ2v) is 3.82. The largest absolute Gasteiger partial charge is 0.293 e. The van der Waals surface area contributed by atoms with Gasteiger partial charge < -0.3 is 0 Å². The zero-order valence-corrected chi connectivity index (χ0v) is 8.59. The summed E-state index contributed by atoms with van der Waals surface area (Å²) in [6, 6.07) is 0.582. The summed E-state index contributed by atoms with van der Waals surface area (Å²) in [6.07, 6.45) is 2.74. The molecule has 0 aromatic carbocycles. The van der Waals surface area contributed by atoms with Crippen LogP contribution >= 0.6 is 0 Å². The fourth-order valence-electron chi connectivity index (χ4n) is 1.63. The Balaban J connectivity index is 2.60. The van der Waals surface area contributed by atoms with Gasteiger partial charge in [0.15, 0.2) is 0 Å². The lowest BCUT2D eigenvalue weighted by Gasteiger charge is -2.31. The predicted molar refractivity (Wildman–Crippen MR) is 53.6 cm³/mol. The van der Waals surface area contributed by atoms with Gasteiger partial charge in [0, 0.05) is 17.7 Å². The molecule has 1 aliphatic rings. The summed E-state index contributed by atoms with van der Waals surface area (Å²) in [4.78, 5) is 4.61. The van der Waals surface area contributed by atoms with E-state index in [-0.39, 0.29) is 0 Å². The number of hydrogen-bond acceptors (Lipinski definition) is 2. The van der Waals surface area contributed by atoms with Crippen LogP contribution in [0.25, 0.3) is 0 Å². The third kappa shape index (κ3) is 2.07. The van der Waals surface area contributed by atoms with Crippen molar-refractivity contribution in [1.82, 2.24) is 5.32 Å². The van der Waals surface area contributed by atoms with Crippen molar-refractivity contribution in [2.24, 2.45) is 10.9 Å². The number of aliphatic imine (C=N–C) groups is 1. The fraction of sp³-hybridized carbons (Fsp3) is 0.900. The van der Waals surface area contributed by atoms with Gasteiger partial charge in [0.25, 0.3) is 0 Å². The molecule has 0 aliphatic carbocycles. The molecule has 0 saturated carbocycles. The predicted octanol–water partition coefficient (Wildman–Crippen LogP) is 2.20. The van der Waals surface area contributed by atoms with Crippen molar-refractivity contribution in [2.45, 2.75) is 52.7 Å². The van der Waals surface area contributed by atoms with Gasteiger partial charge in [0.1, 0.15) is 0 Å². The number of nitrogens with one attached hydrogen (secondary N) is 1. The van der Waals surface area contributed by atoms with Crippen LogP contribution in [0.5, 0.6) is 0 Å². The van der Waals surface area contributed by atoms with E-state index in [1.165, 1.54) is 12.1 Å². The Labute approximate surface area is 75.5 Å². The zero-order valence-electron chi connectivity index (χ0n) is 8.59. The van der Waals surface area contributed by atoms with Gasteiger partial charge >= 0.3 is 0 Å². The highest BCUT2D eigenvalue weighted by molar-refractivity contribution is 5.85. The van der Waals surface area contributed by atoms with Crippen LogP contribution in [0, 0.1) is 5.92 Å². The van der Waals surface area contributed by atoms with E-state index < -0.39 is 0 Å². The summed E-state index contributed by atoms with van der Waals surface area (Å²) in [5, 5.41) is 3.51. The average molecular weight is 168 g/mol. The second kappa shape index (κ2) is 4.04. The summed E-state index contributed by atoms with van der Waals surface area (Å²) in [5.74, 6) is 0.595. The fourth-order valence-corrected chi connectivity index (χ4v) is 1.63. The highest BCUT2D eigenvalue weighted by Crippen LogP contribution is 2.15. The van der Waals surface area contributed by atoms with Crippen molar-refractivity contribution >= 4 is 5.71 Å². The third-order valence-electron chi connectivity index (χ3n) is 2.79. The van der Waals surface area contributed by atoms with E-state index in [9.17, 15) is 0 Å². The first-order valence-corrected chi connectivity index (χ1v) is 4.95. The molecular formula is C10H20N2. The van der Waals surface area contributed by atoms with Gasteiger partial charge in [0.2, 0.25) is 0 Å². The van der Waals surface area contributed by atoms with Crippen molar-refractivity contribution in [3.63, 3.8) is 0 Å². The topological polar surface area (TPSA) is 24.4 Å². The van der Waals surface area contributed by atoms with Gasteiger partial charge in [-0.3, -0.25) is 10.3 Å². The molecule has 2 heteroatoms. The van der Waals surface area contributed by atoms with Crippen LogP contribution in [0.3, 0.4) is 0 Å². The first kappa shape index (κ1) is 9.72. The molecule has 3 unspecified atom stereocenters. The van der Waals surface area contributed by atoms with E-state index in [0.717, 1.165) is 6.42 Å². The van der Waals surface area contributed by atoms with Gasteiger partial charge in [-0.15, -0.1) is 0 Å². The average Bonchev–Trinajstić information content (AvgIpc) is 2.01. The second-order valence-electron chi connectivity index (χ2n) is 3.82. The van der Waals surface area contributed by atoms with Crippen LogP contribution < -0.4 is 5.32 Å². The van der Waals surface area contributed by atoms with Crippen LogP contribution in [0.4, 0.5) is 0 Å². The maximum absolute atomic E-state index is 4.61. The number of nitrogens with zero attached hydrogens (tertiary/aromatic N) is 1. The van der Waals surface area contributed by atoms with Crippen LogP contribution in [-0.4, -0.2) is 17.9 Å². The van der Waals surface area contributed by atoms with Crippen molar-refractivity contribution in [3.8, 4) is 0 Å². The Kier molecular flexibility index (Phi) is 3.27. The first-order valence-electron chi connectivity index (χ1n) is 4.95. The van der Waals surface area contributed by atoms with Crippen LogP contribution in [0.15, 0.2) is 4.99 Å². The number of rotatable bonds is 2. The Hall–Kier alpha value is -0.370. The standard InChI is InChI=1S/C10H20N2/c1-5-6-10-11-8(3)7(2)9(4)12-10/h7-8,10-11H,5-6H2,1-4H3. The molecule has 1 N–H and O–H groups in total. The van der Waals surface area contributed by atoms with E-state index in [2.05, 4.69) is 38.0 Å². The molecule has 1 heterocycles. The van der Waals surface area contributed by atoms with Crippen LogP contribution in [0.2, 0.25) is 0 Å². The molecule has 0 spiro atoms. The Morgan fingerprint density at radius 1 is 1.42 bits per heavy atom. The van der Waals surface area contributed by atoms with Gasteiger partial charge in [-0.2, -0.15) is 0 Å². The molecule has 1 aliphatic heterocycles. The van der Waals surface area contributed by atoms with Gasteiger partial charge in [-0.1, -0.05) is 20.3 Å². The SMILES string of the molecule is CCCC1N=C(C)C(C)C(C)N1.